The number of anilines is 3. The lowest BCUT2D eigenvalue weighted by atomic mass is 9.85. The zero-order chi connectivity index (χ0) is 24.4. The highest BCUT2D eigenvalue weighted by atomic mass is 16.6. The molecule has 180 valence electrons. The minimum Gasteiger partial charge on any atom is -0.368 e. The molecular weight excluding hydrogens is 444 g/mol. The molecule has 2 amide bonds. The molecule has 2 aliphatic heterocycles. The Morgan fingerprint density at radius 2 is 1.46 bits per heavy atom. The van der Waals surface area contributed by atoms with Crippen molar-refractivity contribution >= 4 is 34.6 Å². The van der Waals surface area contributed by atoms with Gasteiger partial charge in [-0.25, -0.2) is 4.90 Å². The molecule has 8 heteroatoms. The molecule has 35 heavy (non-hydrogen) atoms. The lowest BCUT2D eigenvalue weighted by molar-refractivity contribution is -0.384. The molecule has 2 aliphatic carbocycles. The zero-order valence-corrected chi connectivity index (χ0v) is 19.9. The maximum atomic E-state index is 13.2. The molecule has 4 atom stereocenters. The van der Waals surface area contributed by atoms with E-state index in [4.69, 9.17) is 0 Å². The molecule has 0 spiro atoms. The normalized spacial score (nSPS) is 27.2. The van der Waals surface area contributed by atoms with Gasteiger partial charge in [0, 0.05) is 37.9 Å². The molecule has 3 fully saturated rings. The van der Waals surface area contributed by atoms with Crippen LogP contribution in [0.15, 0.2) is 48.6 Å². The van der Waals surface area contributed by atoms with E-state index in [2.05, 4.69) is 36.9 Å². The van der Waals surface area contributed by atoms with Crippen molar-refractivity contribution in [3.05, 3.63) is 69.8 Å². The zero-order valence-electron chi connectivity index (χ0n) is 19.9. The lowest BCUT2D eigenvalue weighted by Crippen LogP contribution is -2.47. The van der Waals surface area contributed by atoms with Crippen LogP contribution in [0, 0.1) is 47.6 Å². The van der Waals surface area contributed by atoms with Gasteiger partial charge in [-0.1, -0.05) is 24.3 Å². The number of benzene rings is 2. The third-order valence-corrected chi connectivity index (χ3v) is 8.42. The molecule has 0 radical (unpaired) electrons. The first-order valence-electron chi connectivity index (χ1n) is 12.3. The Hall–Kier alpha value is -3.68. The van der Waals surface area contributed by atoms with Gasteiger partial charge >= 0.3 is 0 Å². The van der Waals surface area contributed by atoms with Crippen LogP contribution in [0.4, 0.5) is 22.7 Å². The fourth-order valence-corrected chi connectivity index (χ4v) is 6.49. The minimum absolute atomic E-state index is 0.0681. The van der Waals surface area contributed by atoms with Crippen molar-refractivity contribution in [3.63, 3.8) is 0 Å². The average Bonchev–Trinajstić information content (AvgIpc) is 3.54. The molecule has 2 aromatic rings. The van der Waals surface area contributed by atoms with Crippen molar-refractivity contribution in [2.45, 2.75) is 20.3 Å². The number of imide groups is 1. The maximum absolute atomic E-state index is 13.2. The van der Waals surface area contributed by atoms with Gasteiger partial charge in [0.1, 0.15) is 5.69 Å². The van der Waals surface area contributed by atoms with Gasteiger partial charge in [-0.3, -0.25) is 19.7 Å². The van der Waals surface area contributed by atoms with Gasteiger partial charge in [0.2, 0.25) is 11.8 Å². The second kappa shape index (κ2) is 7.93. The van der Waals surface area contributed by atoms with E-state index in [1.165, 1.54) is 27.8 Å². The molecule has 0 unspecified atom stereocenters. The number of piperazine rings is 1. The average molecular weight is 473 g/mol. The van der Waals surface area contributed by atoms with Gasteiger partial charge in [0.15, 0.2) is 0 Å². The predicted octanol–water partition coefficient (Wildman–Crippen LogP) is 3.85. The highest BCUT2D eigenvalue weighted by molar-refractivity contribution is 6.23. The lowest BCUT2D eigenvalue weighted by Gasteiger charge is -2.38. The Labute approximate surface area is 204 Å². The SMILES string of the molecule is Cc1cccc(N2CCN(c3ccc(N4C(=O)[C@H]5[C@H](C4=O)[C@H]4C=C[C@H]5C4)cc3[N+](=O)[O-])CC2)c1C. The molecule has 2 bridgehead atoms. The number of carbonyl (C=O) groups is 2. The molecule has 8 nitrogen and oxygen atoms in total. The number of nitrogens with zero attached hydrogens (tertiary/aromatic N) is 4. The van der Waals surface area contributed by atoms with Gasteiger partial charge in [-0.15, -0.1) is 0 Å². The van der Waals surface area contributed by atoms with Crippen molar-refractivity contribution < 1.29 is 14.5 Å². The predicted molar refractivity (Wildman–Crippen MR) is 134 cm³/mol. The Kier molecular flexibility index (Phi) is 4.95. The largest absolute Gasteiger partial charge is 0.368 e. The molecule has 1 saturated carbocycles. The summed E-state index contributed by atoms with van der Waals surface area (Å²) in [4.78, 5) is 43.5. The molecule has 0 aromatic heterocycles. The Morgan fingerprint density at radius 1 is 0.857 bits per heavy atom. The van der Waals surface area contributed by atoms with E-state index in [-0.39, 0.29) is 41.2 Å². The van der Waals surface area contributed by atoms with E-state index in [1.54, 1.807) is 12.1 Å². The molecule has 6 rings (SSSR count). The van der Waals surface area contributed by atoms with Gasteiger partial charge < -0.3 is 9.80 Å². The van der Waals surface area contributed by atoms with Gasteiger partial charge in [0.25, 0.3) is 5.69 Å². The summed E-state index contributed by atoms with van der Waals surface area (Å²) in [6, 6.07) is 11.1. The standard InChI is InChI=1S/C27H28N4O4/c1-16-4-3-5-21(17(16)2)28-10-12-29(13-11-28)22-9-8-20(15-23(22)31(34)35)30-26(32)24-18-6-7-19(14-18)25(24)27(30)33/h3-9,15,18-19,24-25H,10-14H2,1-2H3/t18-,19-,24+,25+/m0/s1. The second-order valence-electron chi connectivity index (χ2n) is 10.1. The first kappa shape index (κ1) is 21.8. The maximum Gasteiger partial charge on any atom is 0.294 e. The van der Waals surface area contributed by atoms with Crippen LogP contribution in [0.25, 0.3) is 0 Å². The molecule has 2 heterocycles. The van der Waals surface area contributed by atoms with Gasteiger partial charge in [-0.05, 0) is 61.4 Å². The summed E-state index contributed by atoms with van der Waals surface area (Å²) in [5.74, 6) is -0.881. The molecule has 0 N–H and O–H groups in total. The van der Waals surface area contributed by atoms with Crippen LogP contribution >= 0.6 is 0 Å². The van der Waals surface area contributed by atoms with Crippen LogP contribution in [0.1, 0.15) is 17.5 Å². The van der Waals surface area contributed by atoms with Gasteiger partial charge in [-0.2, -0.15) is 0 Å². The summed E-state index contributed by atoms with van der Waals surface area (Å²) < 4.78 is 0. The van der Waals surface area contributed by atoms with Crippen LogP contribution in [0.3, 0.4) is 0 Å². The number of rotatable bonds is 4. The number of nitro benzene ring substituents is 1. The van der Waals surface area contributed by atoms with E-state index in [9.17, 15) is 19.7 Å². The number of carbonyl (C=O) groups excluding carboxylic acids is 2. The fourth-order valence-electron chi connectivity index (χ4n) is 6.49. The highest BCUT2D eigenvalue weighted by Gasteiger charge is 2.59. The minimum atomic E-state index is -0.410. The first-order valence-corrected chi connectivity index (χ1v) is 12.3. The first-order chi connectivity index (χ1) is 16.8. The number of nitro groups is 1. The second-order valence-corrected chi connectivity index (χ2v) is 10.1. The monoisotopic (exact) mass is 472 g/mol. The van der Waals surface area contributed by atoms with Crippen molar-refractivity contribution in [1.82, 2.24) is 0 Å². The summed E-state index contributed by atoms with van der Waals surface area (Å²) in [6.45, 7) is 7.03. The number of fused-ring (bicyclic) bond motifs is 5. The van der Waals surface area contributed by atoms with Crippen LogP contribution in [0.5, 0.6) is 0 Å². The number of hydrogen-bond acceptors (Lipinski definition) is 6. The van der Waals surface area contributed by atoms with E-state index < -0.39 is 4.92 Å². The third kappa shape index (κ3) is 3.26. The third-order valence-electron chi connectivity index (χ3n) is 8.42. The summed E-state index contributed by atoms with van der Waals surface area (Å²) in [5.41, 5.74) is 4.47. The molecule has 4 aliphatic rings. The van der Waals surface area contributed by atoms with Crippen LogP contribution < -0.4 is 14.7 Å². The topological polar surface area (TPSA) is 87.0 Å². The molecule has 2 saturated heterocycles. The Bertz CT molecular complexity index is 1250. The fraction of sp³-hybridized carbons (Fsp3) is 0.407. The molecule has 2 aromatic carbocycles. The number of allylic oxidation sites excluding steroid dienone is 2. The Morgan fingerprint density at radius 3 is 2.06 bits per heavy atom. The van der Waals surface area contributed by atoms with Crippen molar-refractivity contribution in [3.8, 4) is 0 Å². The summed E-state index contributed by atoms with van der Waals surface area (Å²) in [7, 11) is 0. The summed E-state index contributed by atoms with van der Waals surface area (Å²) >= 11 is 0. The smallest absolute Gasteiger partial charge is 0.294 e. The van der Waals surface area contributed by atoms with E-state index in [0.29, 0.717) is 24.5 Å². The number of aryl methyl sites for hydroxylation is 1. The summed E-state index contributed by atoms with van der Waals surface area (Å²) in [6.07, 6.45) is 4.95. The van der Waals surface area contributed by atoms with Crippen molar-refractivity contribution in [2.75, 3.05) is 40.9 Å². The quantitative estimate of drug-likeness (QED) is 0.291. The number of hydrogen-bond donors (Lipinski definition) is 0. The van der Waals surface area contributed by atoms with Crippen molar-refractivity contribution in [2.24, 2.45) is 23.7 Å². The highest BCUT2D eigenvalue weighted by Crippen LogP contribution is 2.53. The number of amides is 2. The van der Waals surface area contributed by atoms with Crippen LogP contribution in [0.2, 0.25) is 0 Å². The van der Waals surface area contributed by atoms with Crippen LogP contribution in [-0.4, -0.2) is 42.9 Å². The van der Waals surface area contributed by atoms with E-state index in [0.717, 1.165) is 19.5 Å². The summed E-state index contributed by atoms with van der Waals surface area (Å²) in [5, 5.41) is 12.0. The Balaban J connectivity index is 1.24. The van der Waals surface area contributed by atoms with E-state index in [1.807, 2.05) is 17.1 Å². The van der Waals surface area contributed by atoms with Gasteiger partial charge in [0.05, 0.1) is 22.4 Å². The molecular formula is C27H28N4O4. The van der Waals surface area contributed by atoms with Crippen molar-refractivity contribution in [1.29, 1.82) is 0 Å². The van der Waals surface area contributed by atoms with Crippen LogP contribution in [-0.2, 0) is 9.59 Å². The van der Waals surface area contributed by atoms with E-state index >= 15 is 0 Å².